The van der Waals surface area contributed by atoms with E-state index in [-0.39, 0.29) is 6.42 Å². The Morgan fingerprint density at radius 2 is 1.44 bits per heavy atom. The fourth-order valence-electron chi connectivity index (χ4n) is 4.33. The molecule has 2 aromatic carbocycles. The highest BCUT2D eigenvalue weighted by atomic mass is 19.1. The Bertz CT molecular complexity index is 1080. The molecule has 1 unspecified atom stereocenters. The first kappa shape index (κ1) is 27.5. The van der Waals surface area contributed by atoms with Crippen molar-refractivity contribution >= 4 is 5.97 Å². The first-order valence-electron chi connectivity index (χ1n) is 13.4. The summed E-state index contributed by atoms with van der Waals surface area (Å²) in [4.78, 5) is 21.5. The van der Waals surface area contributed by atoms with Gasteiger partial charge in [-0.05, 0) is 55.0 Å². The number of alkyl halides is 1. The second kappa shape index (κ2) is 13.9. The first-order chi connectivity index (χ1) is 17.4. The number of aryl methyl sites for hydroxylation is 1. The van der Waals surface area contributed by atoms with E-state index < -0.39 is 11.6 Å². The monoisotopic (exact) mass is 490 g/mol. The number of benzene rings is 2. The number of hydrogen-bond acceptors (Lipinski definition) is 4. The predicted octanol–water partition coefficient (Wildman–Crippen LogP) is 8.54. The van der Waals surface area contributed by atoms with Crippen LogP contribution < -0.4 is 4.74 Å². The van der Waals surface area contributed by atoms with Gasteiger partial charge in [0.05, 0.1) is 0 Å². The van der Waals surface area contributed by atoms with Gasteiger partial charge in [0.1, 0.15) is 5.75 Å². The molecule has 0 N–H and O–H groups in total. The van der Waals surface area contributed by atoms with E-state index in [0.29, 0.717) is 18.0 Å². The quantitative estimate of drug-likeness (QED) is 0.129. The van der Waals surface area contributed by atoms with E-state index in [4.69, 9.17) is 4.74 Å². The minimum atomic E-state index is -1.99. The highest BCUT2D eigenvalue weighted by Gasteiger charge is 2.34. The smallest absolute Gasteiger partial charge is 0.348 e. The number of ether oxygens (including phenoxy) is 1. The fraction of sp³-hybridized carbons (Fsp3) is 0.452. The lowest BCUT2D eigenvalue weighted by Crippen LogP contribution is -2.34. The Morgan fingerprint density at radius 1 is 0.833 bits per heavy atom. The summed E-state index contributed by atoms with van der Waals surface area (Å²) in [7, 11) is 0. The Morgan fingerprint density at radius 3 is 2.08 bits per heavy atom. The zero-order chi connectivity index (χ0) is 25.8. The molecule has 5 heteroatoms. The molecule has 0 bridgehead atoms. The lowest BCUT2D eigenvalue weighted by molar-refractivity contribution is -0.147. The molecule has 0 spiro atoms. The van der Waals surface area contributed by atoms with Gasteiger partial charge in [0.2, 0.25) is 5.67 Å². The lowest BCUT2D eigenvalue weighted by Gasteiger charge is -2.17. The standard InChI is InChI=1S/C31H39FN2O2/c1-4-6-7-8-9-10-11-14-24-22-33-29(34-23-24)28-16-13-12-15-27(28)25-17-19-26(20-18-25)36-30(35)31(3,32)21-5-2/h12-13,15-20,22-23H,4-11,14,21H2,1-3H3. The van der Waals surface area contributed by atoms with E-state index in [2.05, 4.69) is 16.9 Å². The maximum atomic E-state index is 14.4. The van der Waals surface area contributed by atoms with Crippen LogP contribution >= 0.6 is 0 Å². The molecule has 0 aliphatic heterocycles. The third kappa shape index (κ3) is 7.97. The molecule has 1 aromatic heterocycles. The van der Waals surface area contributed by atoms with Crippen LogP contribution in [0.2, 0.25) is 0 Å². The Labute approximate surface area is 215 Å². The summed E-state index contributed by atoms with van der Waals surface area (Å²) in [6.07, 6.45) is 14.6. The van der Waals surface area contributed by atoms with Gasteiger partial charge in [-0.1, -0.05) is 95.2 Å². The van der Waals surface area contributed by atoms with Crippen molar-refractivity contribution in [3.05, 3.63) is 66.5 Å². The number of carbonyl (C=O) groups excluding carboxylic acids is 1. The molecule has 36 heavy (non-hydrogen) atoms. The number of halogens is 1. The number of aromatic nitrogens is 2. The van der Waals surface area contributed by atoms with Gasteiger partial charge in [-0.2, -0.15) is 0 Å². The van der Waals surface area contributed by atoms with Crippen molar-refractivity contribution in [2.75, 3.05) is 0 Å². The van der Waals surface area contributed by atoms with Crippen molar-refractivity contribution in [3.8, 4) is 28.3 Å². The number of unbranched alkanes of at least 4 members (excludes halogenated alkanes) is 6. The summed E-state index contributed by atoms with van der Waals surface area (Å²) >= 11 is 0. The lowest BCUT2D eigenvalue weighted by atomic mass is 9.99. The zero-order valence-electron chi connectivity index (χ0n) is 21.9. The summed E-state index contributed by atoms with van der Waals surface area (Å²) in [6, 6.07) is 15.1. The maximum absolute atomic E-state index is 14.4. The van der Waals surface area contributed by atoms with Gasteiger partial charge < -0.3 is 4.74 Å². The van der Waals surface area contributed by atoms with E-state index in [0.717, 1.165) is 23.1 Å². The molecule has 1 heterocycles. The van der Waals surface area contributed by atoms with Crippen LogP contribution in [0, 0.1) is 0 Å². The Kier molecular flexibility index (Phi) is 10.6. The normalized spacial score (nSPS) is 12.8. The summed E-state index contributed by atoms with van der Waals surface area (Å²) < 4.78 is 19.7. The van der Waals surface area contributed by atoms with Crippen LogP contribution in [0.25, 0.3) is 22.5 Å². The van der Waals surface area contributed by atoms with Gasteiger partial charge >= 0.3 is 5.97 Å². The molecule has 0 saturated carbocycles. The molecule has 3 rings (SSSR count). The molecule has 1 atom stereocenters. The molecule has 0 aliphatic rings. The Hall–Kier alpha value is -3.08. The van der Waals surface area contributed by atoms with Gasteiger partial charge in [-0.3, -0.25) is 0 Å². The van der Waals surface area contributed by atoms with E-state index in [1.165, 1.54) is 57.4 Å². The SMILES string of the molecule is CCCCCCCCCc1cnc(-c2ccccc2-c2ccc(OC(=O)C(C)(F)CCC)cc2)nc1. The second-order valence-electron chi connectivity index (χ2n) is 9.69. The number of hydrogen-bond donors (Lipinski definition) is 0. The first-order valence-corrected chi connectivity index (χ1v) is 13.4. The van der Waals surface area contributed by atoms with E-state index in [1.807, 2.05) is 55.7 Å². The summed E-state index contributed by atoms with van der Waals surface area (Å²) in [5.74, 6) is 0.145. The van der Waals surface area contributed by atoms with Crippen molar-refractivity contribution in [2.45, 2.75) is 90.6 Å². The zero-order valence-corrected chi connectivity index (χ0v) is 21.9. The van der Waals surface area contributed by atoms with E-state index in [9.17, 15) is 9.18 Å². The van der Waals surface area contributed by atoms with Crippen molar-refractivity contribution < 1.29 is 13.9 Å². The average Bonchev–Trinajstić information content (AvgIpc) is 2.89. The molecule has 0 saturated heterocycles. The molecule has 3 aromatic rings. The van der Waals surface area contributed by atoms with Gasteiger partial charge in [0, 0.05) is 18.0 Å². The van der Waals surface area contributed by atoms with Crippen LogP contribution in [0.4, 0.5) is 4.39 Å². The van der Waals surface area contributed by atoms with Crippen LogP contribution in [-0.2, 0) is 11.2 Å². The van der Waals surface area contributed by atoms with E-state index >= 15 is 0 Å². The number of nitrogens with zero attached hydrogens (tertiary/aromatic N) is 2. The molecular formula is C31H39FN2O2. The summed E-state index contributed by atoms with van der Waals surface area (Å²) in [6.45, 7) is 5.35. The highest BCUT2D eigenvalue weighted by Crippen LogP contribution is 2.31. The van der Waals surface area contributed by atoms with Crippen molar-refractivity contribution in [2.24, 2.45) is 0 Å². The van der Waals surface area contributed by atoms with Crippen LogP contribution in [0.5, 0.6) is 5.75 Å². The third-order valence-electron chi connectivity index (χ3n) is 6.46. The molecule has 0 radical (unpaired) electrons. The molecule has 192 valence electrons. The molecule has 0 amide bonds. The number of esters is 1. The van der Waals surface area contributed by atoms with Crippen molar-refractivity contribution in [1.82, 2.24) is 9.97 Å². The molecular weight excluding hydrogens is 451 g/mol. The minimum Gasteiger partial charge on any atom is -0.424 e. The third-order valence-corrected chi connectivity index (χ3v) is 6.46. The largest absolute Gasteiger partial charge is 0.424 e. The highest BCUT2D eigenvalue weighted by molar-refractivity contribution is 5.82. The second-order valence-corrected chi connectivity index (χ2v) is 9.69. The topological polar surface area (TPSA) is 52.1 Å². The number of carbonyl (C=O) groups is 1. The van der Waals surface area contributed by atoms with Crippen molar-refractivity contribution in [1.29, 1.82) is 0 Å². The number of rotatable bonds is 14. The predicted molar refractivity (Wildman–Crippen MR) is 145 cm³/mol. The van der Waals surface area contributed by atoms with Crippen LogP contribution in [0.3, 0.4) is 0 Å². The summed E-state index contributed by atoms with van der Waals surface area (Å²) in [5, 5.41) is 0. The van der Waals surface area contributed by atoms with E-state index in [1.54, 1.807) is 12.1 Å². The minimum absolute atomic E-state index is 0.134. The molecule has 0 aliphatic carbocycles. The average molecular weight is 491 g/mol. The molecule has 4 nitrogen and oxygen atoms in total. The Balaban J connectivity index is 1.64. The van der Waals surface area contributed by atoms with Crippen LogP contribution in [-0.4, -0.2) is 21.6 Å². The summed E-state index contributed by atoms with van der Waals surface area (Å²) in [5.41, 5.74) is 2.04. The molecule has 0 fully saturated rings. The van der Waals surface area contributed by atoms with Gasteiger partial charge in [-0.25, -0.2) is 19.2 Å². The van der Waals surface area contributed by atoms with Gasteiger partial charge in [0.25, 0.3) is 0 Å². The fourth-order valence-corrected chi connectivity index (χ4v) is 4.33. The maximum Gasteiger partial charge on any atom is 0.348 e. The van der Waals surface area contributed by atoms with Gasteiger partial charge in [0.15, 0.2) is 5.82 Å². The van der Waals surface area contributed by atoms with Gasteiger partial charge in [-0.15, -0.1) is 0 Å². The van der Waals surface area contributed by atoms with Crippen LogP contribution in [0.1, 0.15) is 84.1 Å². The van der Waals surface area contributed by atoms with Crippen LogP contribution in [0.15, 0.2) is 60.9 Å². The van der Waals surface area contributed by atoms with Crippen molar-refractivity contribution in [3.63, 3.8) is 0 Å².